The molecule has 0 aliphatic heterocycles. The third-order valence-corrected chi connectivity index (χ3v) is 3.41. The van der Waals surface area contributed by atoms with Gasteiger partial charge in [-0.05, 0) is 48.9 Å². The van der Waals surface area contributed by atoms with Crippen molar-refractivity contribution in [2.45, 2.75) is 6.92 Å². The predicted molar refractivity (Wildman–Crippen MR) is 93.7 cm³/mol. The summed E-state index contributed by atoms with van der Waals surface area (Å²) in [6, 6.07) is 11.6. The average Bonchev–Trinajstić information content (AvgIpc) is 2.56. The maximum Gasteiger partial charge on any atom is 0.337 e. The lowest BCUT2D eigenvalue weighted by atomic mass is 10.2. The van der Waals surface area contributed by atoms with Crippen LogP contribution in [0.25, 0.3) is 6.08 Å². The average molecular weight is 346 g/mol. The van der Waals surface area contributed by atoms with Crippen molar-refractivity contribution in [3.05, 3.63) is 64.7 Å². The molecule has 0 heterocycles. The Morgan fingerprint density at radius 3 is 2.54 bits per heavy atom. The van der Waals surface area contributed by atoms with E-state index in [0.29, 0.717) is 12.3 Å². The zero-order chi connectivity index (χ0) is 17.5. The number of carbonyl (C=O) groups is 2. The zero-order valence-corrected chi connectivity index (χ0v) is 13.7. The molecule has 2 aromatic rings. The minimum Gasteiger partial charge on any atom is -0.494 e. The number of carbonyl (C=O) groups excluding carboxylic acids is 1. The summed E-state index contributed by atoms with van der Waals surface area (Å²) in [5.41, 5.74) is 1.14. The molecule has 6 heteroatoms. The van der Waals surface area contributed by atoms with E-state index >= 15 is 0 Å². The van der Waals surface area contributed by atoms with Gasteiger partial charge in [-0.25, -0.2) is 4.79 Å². The van der Waals surface area contributed by atoms with E-state index in [1.807, 2.05) is 31.2 Å². The van der Waals surface area contributed by atoms with Gasteiger partial charge in [-0.3, -0.25) is 4.79 Å². The molecule has 2 rings (SSSR count). The standard InChI is InChI=1S/C18H16ClNO4/c1-2-24-14-7-3-12(4-8-14)5-10-17(21)20-13-6-9-16(19)15(11-13)18(22)23/h3-11H,2H2,1H3,(H,20,21)(H,22,23)/b10-5+. The lowest BCUT2D eigenvalue weighted by molar-refractivity contribution is -0.111. The van der Waals surface area contributed by atoms with Gasteiger partial charge in [-0.2, -0.15) is 0 Å². The minimum atomic E-state index is -1.15. The Morgan fingerprint density at radius 1 is 1.21 bits per heavy atom. The number of hydrogen-bond acceptors (Lipinski definition) is 3. The molecule has 0 saturated heterocycles. The van der Waals surface area contributed by atoms with E-state index in [2.05, 4.69) is 5.32 Å². The van der Waals surface area contributed by atoms with Crippen molar-refractivity contribution in [3.63, 3.8) is 0 Å². The number of aromatic carboxylic acids is 1. The van der Waals surface area contributed by atoms with Gasteiger partial charge in [0.2, 0.25) is 5.91 Å². The molecule has 0 aromatic heterocycles. The summed E-state index contributed by atoms with van der Waals surface area (Å²) in [6.07, 6.45) is 3.02. The van der Waals surface area contributed by atoms with E-state index in [9.17, 15) is 9.59 Å². The number of halogens is 1. The van der Waals surface area contributed by atoms with Crippen LogP contribution in [0.5, 0.6) is 5.75 Å². The van der Waals surface area contributed by atoms with Gasteiger partial charge >= 0.3 is 5.97 Å². The van der Waals surface area contributed by atoms with Crippen molar-refractivity contribution in [1.82, 2.24) is 0 Å². The topological polar surface area (TPSA) is 75.6 Å². The van der Waals surface area contributed by atoms with Crippen molar-refractivity contribution >= 4 is 35.2 Å². The maximum atomic E-state index is 11.9. The molecule has 0 atom stereocenters. The highest BCUT2D eigenvalue weighted by Gasteiger charge is 2.10. The van der Waals surface area contributed by atoms with Crippen LogP contribution < -0.4 is 10.1 Å². The van der Waals surface area contributed by atoms with Crippen LogP contribution in [-0.4, -0.2) is 23.6 Å². The number of amides is 1. The number of hydrogen-bond donors (Lipinski definition) is 2. The highest BCUT2D eigenvalue weighted by molar-refractivity contribution is 6.33. The zero-order valence-electron chi connectivity index (χ0n) is 13.0. The summed E-state index contributed by atoms with van der Waals surface area (Å²) < 4.78 is 5.34. The molecule has 124 valence electrons. The van der Waals surface area contributed by atoms with Crippen molar-refractivity contribution in [1.29, 1.82) is 0 Å². The van der Waals surface area contributed by atoms with Crippen molar-refractivity contribution in [2.24, 2.45) is 0 Å². The van der Waals surface area contributed by atoms with E-state index < -0.39 is 5.97 Å². The van der Waals surface area contributed by atoms with Crippen LogP contribution in [0.2, 0.25) is 5.02 Å². The third kappa shape index (κ3) is 4.86. The fourth-order valence-corrected chi connectivity index (χ4v) is 2.16. The minimum absolute atomic E-state index is 0.0649. The fraction of sp³-hybridized carbons (Fsp3) is 0.111. The molecule has 1 amide bonds. The smallest absolute Gasteiger partial charge is 0.337 e. The van der Waals surface area contributed by atoms with E-state index in [-0.39, 0.29) is 16.5 Å². The molecule has 24 heavy (non-hydrogen) atoms. The van der Waals surface area contributed by atoms with Crippen LogP contribution >= 0.6 is 11.6 Å². The van der Waals surface area contributed by atoms with Crippen molar-refractivity contribution in [2.75, 3.05) is 11.9 Å². The van der Waals surface area contributed by atoms with Gasteiger partial charge < -0.3 is 15.2 Å². The van der Waals surface area contributed by atoms with Gasteiger partial charge in [-0.15, -0.1) is 0 Å². The summed E-state index contributed by atoms with van der Waals surface area (Å²) in [5.74, 6) is -0.759. The van der Waals surface area contributed by atoms with E-state index in [1.54, 1.807) is 6.08 Å². The molecule has 0 saturated carbocycles. The van der Waals surface area contributed by atoms with Gasteiger partial charge in [0.15, 0.2) is 0 Å². The highest BCUT2D eigenvalue weighted by atomic mass is 35.5. The van der Waals surface area contributed by atoms with E-state index in [4.69, 9.17) is 21.4 Å². The molecular formula is C18H16ClNO4. The highest BCUT2D eigenvalue weighted by Crippen LogP contribution is 2.20. The Kier molecular flexibility index (Phi) is 5.98. The summed E-state index contributed by atoms with van der Waals surface area (Å²) in [4.78, 5) is 22.9. The summed E-state index contributed by atoms with van der Waals surface area (Å²) in [7, 11) is 0. The lowest BCUT2D eigenvalue weighted by Gasteiger charge is -2.05. The summed E-state index contributed by atoms with van der Waals surface area (Å²) in [6.45, 7) is 2.50. The Labute approximate surface area is 144 Å². The molecule has 0 aliphatic carbocycles. The second-order valence-electron chi connectivity index (χ2n) is 4.82. The Bertz CT molecular complexity index is 769. The quantitative estimate of drug-likeness (QED) is 0.773. The molecule has 5 nitrogen and oxygen atoms in total. The fourth-order valence-electron chi connectivity index (χ4n) is 1.96. The first-order chi connectivity index (χ1) is 11.5. The van der Waals surface area contributed by atoms with Gasteiger partial charge in [-0.1, -0.05) is 23.7 Å². The monoisotopic (exact) mass is 345 g/mol. The van der Waals surface area contributed by atoms with Crippen LogP contribution in [-0.2, 0) is 4.79 Å². The first-order valence-corrected chi connectivity index (χ1v) is 7.62. The van der Waals surface area contributed by atoms with Crippen LogP contribution in [0.1, 0.15) is 22.8 Å². The number of benzene rings is 2. The Morgan fingerprint density at radius 2 is 1.92 bits per heavy atom. The largest absolute Gasteiger partial charge is 0.494 e. The number of nitrogens with one attached hydrogen (secondary N) is 1. The molecular weight excluding hydrogens is 330 g/mol. The summed E-state index contributed by atoms with van der Waals surface area (Å²) >= 11 is 5.79. The number of carboxylic acid groups (broad SMARTS) is 1. The summed E-state index contributed by atoms with van der Waals surface area (Å²) in [5, 5.41) is 11.7. The van der Waals surface area contributed by atoms with Gasteiger partial charge in [0.05, 0.1) is 17.2 Å². The van der Waals surface area contributed by atoms with Crippen LogP contribution in [0.15, 0.2) is 48.5 Å². The predicted octanol–water partition coefficient (Wildman–Crippen LogP) is 4.09. The maximum absolute atomic E-state index is 11.9. The van der Waals surface area contributed by atoms with Crippen LogP contribution in [0.3, 0.4) is 0 Å². The third-order valence-electron chi connectivity index (χ3n) is 3.08. The lowest BCUT2D eigenvalue weighted by Crippen LogP contribution is -2.09. The molecule has 0 aliphatic rings. The second kappa shape index (κ2) is 8.17. The van der Waals surface area contributed by atoms with Crippen molar-refractivity contribution in [3.8, 4) is 5.75 Å². The second-order valence-corrected chi connectivity index (χ2v) is 5.23. The van der Waals surface area contributed by atoms with E-state index in [1.165, 1.54) is 24.3 Å². The van der Waals surface area contributed by atoms with Crippen LogP contribution in [0, 0.1) is 0 Å². The SMILES string of the molecule is CCOc1ccc(/C=C/C(=O)Nc2ccc(Cl)c(C(=O)O)c2)cc1. The van der Waals surface area contributed by atoms with Gasteiger partial charge in [0, 0.05) is 11.8 Å². The molecule has 0 spiro atoms. The van der Waals surface area contributed by atoms with Crippen molar-refractivity contribution < 1.29 is 19.4 Å². The molecule has 0 fully saturated rings. The van der Waals surface area contributed by atoms with E-state index in [0.717, 1.165) is 11.3 Å². The Hall–Kier alpha value is -2.79. The normalized spacial score (nSPS) is 10.6. The number of anilines is 1. The molecule has 0 unspecified atom stereocenters. The number of rotatable bonds is 6. The number of carboxylic acids is 1. The number of ether oxygens (including phenoxy) is 1. The van der Waals surface area contributed by atoms with Gasteiger partial charge in [0.1, 0.15) is 5.75 Å². The molecule has 2 N–H and O–H groups in total. The molecule has 0 bridgehead atoms. The first kappa shape index (κ1) is 17.6. The van der Waals surface area contributed by atoms with Crippen LogP contribution in [0.4, 0.5) is 5.69 Å². The Balaban J connectivity index is 2.02. The molecule has 0 radical (unpaired) electrons. The van der Waals surface area contributed by atoms with Gasteiger partial charge in [0.25, 0.3) is 0 Å². The first-order valence-electron chi connectivity index (χ1n) is 7.24. The molecule has 2 aromatic carbocycles.